The van der Waals surface area contributed by atoms with E-state index in [1.807, 2.05) is 30.9 Å². The Morgan fingerprint density at radius 2 is 1.11 bits per heavy atom. The number of nitrogens with one attached hydrogen (secondary N) is 4. The van der Waals surface area contributed by atoms with E-state index in [1.165, 1.54) is 18.7 Å². The highest BCUT2D eigenvalue weighted by Gasteiger charge is 2.33. The van der Waals surface area contributed by atoms with Crippen LogP contribution < -0.4 is 40.5 Å². The van der Waals surface area contributed by atoms with Gasteiger partial charge in [-0.1, -0.05) is 18.2 Å². The van der Waals surface area contributed by atoms with Crippen LogP contribution in [0, 0.1) is 36.8 Å². The number of carbonyl (C=O) groups is 2. The first-order chi connectivity index (χ1) is 30.1. The molecule has 17 nitrogen and oxygen atoms in total. The van der Waals surface area contributed by atoms with E-state index in [-0.39, 0.29) is 36.7 Å². The molecule has 2 amide bonds. The number of ether oxygens (including phenoxy) is 2. The molecule has 0 atom stereocenters. The summed E-state index contributed by atoms with van der Waals surface area (Å²) in [5, 5.41) is 21.2. The Balaban J connectivity index is 0.797. The lowest BCUT2D eigenvalue weighted by atomic mass is 10.1. The van der Waals surface area contributed by atoms with Crippen LogP contribution in [-0.4, -0.2) is 80.1 Å². The van der Waals surface area contributed by atoms with Crippen molar-refractivity contribution in [2.45, 2.75) is 38.9 Å². The monoisotopic (exact) mass is 839 g/mol. The van der Waals surface area contributed by atoms with Crippen LogP contribution in [0.5, 0.6) is 11.5 Å². The maximum Gasteiger partial charge on any atom is 0.232 e. The second-order valence-electron chi connectivity index (χ2n) is 14.5. The summed E-state index contributed by atoms with van der Waals surface area (Å²) in [5.74, 6) is -0.505. The van der Waals surface area contributed by atoms with Crippen LogP contribution in [0.4, 0.5) is 55.3 Å². The molecule has 2 aliphatic heterocycles. The van der Waals surface area contributed by atoms with E-state index < -0.39 is 23.5 Å². The van der Waals surface area contributed by atoms with Crippen molar-refractivity contribution in [1.82, 2.24) is 29.9 Å². The molecule has 2 saturated heterocycles. The number of carbonyl (C=O) groups excluding carboxylic acids is 2. The van der Waals surface area contributed by atoms with Crippen LogP contribution in [0.25, 0.3) is 0 Å². The Labute approximate surface area is 354 Å². The molecule has 2 aliphatic rings. The van der Waals surface area contributed by atoms with E-state index >= 15 is 0 Å². The first-order valence-corrected chi connectivity index (χ1v) is 19.6. The lowest BCUT2D eigenvalue weighted by Crippen LogP contribution is -2.54. The van der Waals surface area contributed by atoms with Crippen LogP contribution in [-0.2, 0) is 9.59 Å². The zero-order chi connectivity index (χ0) is 43.2. The van der Waals surface area contributed by atoms with Crippen molar-refractivity contribution in [3.8, 4) is 17.6 Å². The molecular weight excluding hydrogens is 801 g/mol. The fourth-order valence-corrected chi connectivity index (χ4v) is 6.62. The van der Waals surface area contributed by atoms with E-state index in [2.05, 4.69) is 57.2 Å². The lowest BCUT2D eigenvalue weighted by Gasteiger charge is -2.38. The molecule has 0 unspecified atom stereocenters. The van der Waals surface area contributed by atoms with Crippen LogP contribution in [0.1, 0.15) is 29.5 Å². The molecule has 2 fully saturated rings. The Bertz CT molecular complexity index is 2630. The first-order valence-electron chi connectivity index (χ1n) is 19.6. The summed E-state index contributed by atoms with van der Waals surface area (Å²) in [6.45, 7) is 5.49. The molecule has 0 saturated carbocycles. The van der Waals surface area contributed by atoms with Crippen molar-refractivity contribution >= 4 is 58.4 Å². The smallest absolute Gasteiger partial charge is 0.232 e. The van der Waals surface area contributed by atoms with Crippen molar-refractivity contribution in [2.24, 2.45) is 0 Å². The van der Waals surface area contributed by atoms with Gasteiger partial charge < -0.3 is 40.5 Å². The van der Waals surface area contributed by atoms with Gasteiger partial charge in [0.1, 0.15) is 30.6 Å². The van der Waals surface area contributed by atoms with Gasteiger partial charge in [0.25, 0.3) is 0 Å². The van der Waals surface area contributed by atoms with Crippen LogP contribution in [0.3, 0.4) is 0 Å². The molecule has 2 aromatic heterocycles. The zero-order valence-corrected chi connectivity index (χ0v) is 33.5. The average molecular weight is 840 g/mol. The summed E-state index contributed by atoms with van der Waals surface area (Å²) < 4.78 is 39.5. The maximum absolute atomic E-state index is 14.0. The molecule has 4 aromatic carbocycles. The number of benzene rings is 4. The van der Waals surface area contributed by atoms with Gasteiger partial charge in [-0.25, -0.2) is 28.7 Å². The fraction of sp³-hybridized carbons (Fsp3) is 0.233. The van der Waals surface area contributed by atoms with E-state index in [9.17, 15) is 18.4 Å². The maximum atomic E-state index is 14.0. The van der Waals surface area contributed by atoms with Crippen molar-refractivity contribution in [3.05, 3.63) is 120 Å². The summed E-state index contributed by atoms with van der Waals surface area (Å²) in [4.78, 5) is 55.9. The summed E-state index contributed by atoms with van der Waals surface area (Å²) >= 11 is 0. The predicted octanol–water partition coefficient (Wildman–Crippen LogP) is 6.20. The van der Waals surface area contributed by atoms with E-state index in [0.717, 1.165) is 17.7 Å². The van der Waals surface area contributed by atoms with Gasteiger partial charge >= 0.3 is 0 Å². The SMILES string of the molecule is Cc1c(NC(=O)CCC(=O)Nc2cccc(Nc3ncnc(N4CC(Oc5c(F)cccc5F)C4)n3)c2C)cccc1Nc1ncnc(N2CC(Oc3ccc(C#N)cc3)C2)n1. The number of hydrogen-bond acceptors (Lipinski definition) is 15. The molecule has 8 rings (SSSR count). The fourth-order valence-electron chi connectivity index (χ4n) is 6.62. The third-order valence-electron chi connectivity index (χ3n) is 10.2. The minimum Gasteiger partial charge on any atom is -0.487 e. The molecule has 0 radical (unpaired) electrons. The van der Waals surface area contributed by atoms with Gasteiger partial charge in [-0.15, -0.1) is 0 Å². The Morgan fingerprint density at radius 3 is 1.60 bits per heavy atom. The molecule has 4 N–H and O–H groups in total. The number of amides is 2. The highest BCUT2D eigenvalue weighted by atomic mass is 19.1. The molecule has 0 aliphatic carbocycles. The van der Waals surface area contributed by atoms with Gasteiger partial charge in [-0.2, -0.15) is 15.2 Å². The van der Waals surface area contributed by atoms with Gasteiger partial charge in [-0.3, -0.25) is 9.59 Å². The number of halogens is 2. The second-order valence-corrected chi connectivity index (χ2v) is 14.5. The number of para-hydroxylation sites is 1. The number of nitriles is 1. The molecule has 62 heavy (non-hydrogen) atoms. The Hall–Kier alpha value is -8.01. The summed E-state index contributed by atoms with van der Waals surface area (Å²) in [7, 11) is 0. The zero-order valence-electron chi connectivity index (χ0n) is 33.5. The second kappa shape index (κ2) is 18.1. The standard InChI is InChI=1S/C43H39F2N13O4/c1-25-33(8-4-10-35(25)53-40-47-23-49-42(55-40)57-19-29(20-57)61-28-14-12-27(18-46)13-15-28)51-37(59)16-17-38(60)52-34-9-5-11-36(26(34)2)54-41-48-24-50-43(56-41)58-21-30(22-58)62-39-31(44)6-3-7-32(39)45/h3-15,23-24,29-30H,16-17,19-22H2,1-2H3,(H,51,59)(H,52,60)(H,47,49,53,55)(H,48,50,54,56). The van der Waals surface area contributed by atoms with Gasteiger partial charge in [0, 0.05) is 35.6 Å². The van der Waals surface area contributed by atoms with Crippen molar-refractivity contribution in [1.29, 1.82) is 5.26 Å². The Kier molecular flexibility index (Phi) is 11.9. The van der Waals surface area contributed by atoms with Gasteiger partial charge in [0.2, 0.25) is 35.6 Å². The molecule has 314 valence electrons. The molecule has 19 heteroatoms. The van der Waals surface area contributed by atoms with E-state index in [1.54, 1.807) is 53.4 Å². The summed E-state index contributed by atoms with van der Waals surface area (Å²) in [5.41, 5.74) is 4.45. The molecule has 0 bridgehead atoms. The summed E-state index contributed by atoms with van der Waals surface area (Å²) in [6, 6.07) is 23.3. The average Bonchev–Trinajstić information content (AvgIpc) is 3.24. The summed E-state index contributed by atoms with van der Waals surface area (Å²) in [6.07, 6.45) is 2.16. The van der Waals surface area contributed by atoms with Crippen molar-refractivity contribution in [3.63, 3.8) is 0 Å². The number of aromatic nitrogens is 6. The third-order valence-corrected chi connectivity index (χ3v) is 10.2. The minimum atomic E-state index is -0.767. The third kappa shape index (κ3) is 9.55. The molecule has 6 aromatic rings. The molecule has 4 heterocycles. The topological polar surface area (TPSA) is 208 Å². The Morgan fingerprint density at radius 1 is 0.661 bits per heavy atom. The first kappa shape index (κ1) is 40.8. The van der Waals surface area contributed by atoms with E-state index in [0.29, 0.717) is 83.7 Å². The highest BCUT2D eigenvalue weighted by molar-refractivity contribution is 5.98. The van der Waals surface area contributed by atoms with Crippen LogP contribution in [0.2, 0.25) is 0 Å². The number of anilines is 8. The van der Waals surface area contributed by atoms with Gasteiger partial charge in [0.05, 0.1) is 37.8 Å². The molecule has 0 spiro atoms. The normalized spacial score (nSPS) is 13.6. The molecular formula is C43H39F2N13O4. The highest BCUT2D eigenvalue weighted by Crippen LogP contribution is 2.30. The van der Waals surface area contributed by atoms with Gasteiger partial charge in [0.15, 0.2) is 17.4 Å². The number of nitrogens with zero attached hydrogens (tertiary/aromatic N) is 9. The van der Waals surface area contributed by atoms with E-state index in [4.69, 9.17) is 14.7 Å². The van der Waals surface area contributed by atoms with Crippen LogP contribution in [0.15, 0.2) is 91.5 Å². The van der Waals surface area contributed by atoms with Gasteiger partial charge in [-0.05, 0) is 85.6 Å². The number of hydrogen-bond donors (Lipinski definition) is 4. The lowest BCUT2D eigenvalue weighted by molar-refractivity contribution is -0.121. The number of rotatable bonds is 15. The van der Waals surface area contributed by atoms with Crippen molar-refractivity contribution in [2.75, 3.05) is 57.2 Å². The van der Waals surface area contributed by atoms with Crippen LogP contribution >= 0.6 is 0 Å². The largest absolute Gasteiger partial charge is 0.487 e. The predicted molar refractivity (Wildman–Crippen MR) is 226 cm³/mol. The minimum absolute atomic E-state index is 0.0492. The van der Waals surface area contributed by atoms with Crippen molar-refractivity contribution < 1.29 is 27.8 Å². The quantitative estimate of drug-likeness (QED) is 0.0908.